The first kappa shape index (κ1) is 11.5. The lowest BCUT2D eigenvalue weighted by Gasteiger charge is -2.29. The second kappa shape index (κ2) is 4.61. The summed E-state index contributed by atoms with van der Waals surface area (Å²) in [4.78, 5) is 2.34. The van der Waals surface area contributed by atoms with Crippen LogP contribution in [0.1, 0.15) is 18.5 Å². The van der Waals surface area contributed by atoms with Gasteiger partial charge in [-0.25, -0.2) is 0 Å². The first-order chi connectivity index (χ1) is 8.72. The smallest absolute Gasteiger partial charge is 0.170 e. The average Bonchev–Trinajstić information content (AvgIpc) is 2.74. The number of fused-ring (bicyclic) bond motifs is 1. The number of benzene rings is 1. The van der Waals surface area contributed by atoms with Gasteiger partial charge in [0.05, 0.1) is 5.69 Å². The van der Waals surface area contributed by atoms with Crippen molar-refractivity contribution in [2.24, 2.45) is 0 Å². The summed E-state index contributed by atoms with van der Waals surface area (Å²) in [6.45, 7) is 4.16. The summed E-state index contributed by atoms with van der Waals surface area (Å²) in [5, 5.41) is 5.02. The Hall–Kier alpha value is -1.55. The highest BCUT2D eigenvalue weighted by atomic mass is 16.5. The molecule has 0 spiro atoms. The zero-order valence-electron chi connectivity index (χ0n) is 10.8. The van der Waals surface area contributed by atoms with Crippen LogP contribution >= 0.6 is 0 Å². The number of hydrogen-bond acceptors (Lipinski definition) is 4. The van der Waals surface area contributed by atoms with Crippen LogP contribution < -0.4 is 4.74 Å². The molecule has 0 radical (unpaired) electrons. The molecule has 4 heteroatoms. The van der Waals surface area contributed by atoms with E-state index < -0.39 is 0 Å². The van der Waals surface area contributed by atoms with E-state index in [1.54, 1.807) is 0 Å². The van der Waals surface area contributed by atoms with Crippen LogP contribution in [-0.4, -0.2) is 36.3 Å². The molecule has 1 aliphatic rings. The van der Waals surface area contributed by atoms with Gasteiger partial charge in [0, 0.05) is 24.5 Å². The van der Waals surface area contributed by atoms with Crippen molar-refractivity contribution in [1.82, 2.24) is 10.1 Å². The van der Waals surface area contributed by atoms with Crippen LogP contribution in [0.2, 0.25) is 0 Å². The van der Waals surface area contributed by atoms with E-state index in [0.717, 1.165) is 48.3 Å². The summed E-state index contributed by atoms with van der Waals surface area (Å²) < 4.78 is 11.3. The normalized spacial score (nSPS) is 18.3. The molecule has 0 saturated carbocycles. The van der Waals surface area contributed by atoms with E-state index in [1.165, 1.54) is 0 Å². The number of likely N-dealkylation sites (tertiary alicyclic amines) is 1. The first-order valence-electron chi connectivity index (χ1n) is 6.43. The van der Waals surface area contributed by atoms with Crippen molar-refractivity contribution in [3.8, 4) is 5.75 Å². The summed E-state index contributed by atoms with van der Waals surface area (Å²) in [6.07, 6.45) is 2.50. The second-order valence-electron chi connectivity index (χ2n) is 5.05. The van der Waals surface area contributed by atoms with Gasteiger partial charge in [0.1, 0.15) is 11.9 Å². The zero-order chi connectivity index (χ0) is 12.5. The van der Waals surface area contributed by atoms with Crippen LogP contribution in [0.5, 0.6) is 5.75 Å². The van der Waals surface area contributed by atoms with Crippen molar-refractivity contribution >= 4 is 11.0 Å². The van der Waals surface area contributed by atoms with Crippen molar-refractivity contribution in [2.45, 2.75) is 25.9 Å². The average molecular weight is 246 g/mol. The molecule has 0 amide bonds. The Labute approximate surface area is 107 Å². The van der Waals surface area contributed by atoms with Gasteiger partial charge in [-0.2, -0.15) is 0 Å². The van der Waals surface area contributed by atoms with Crippen molar-refractivity contribution in [1.29, 1.82) is 0 Å². The van der Waals surface area contributed by atoms with Crippen LogP contribution in [-0.2, 0) is 0 Å². The van der Waals surface area contributed by atoms with Gasteiger partial charge in [0.15, 0.2) is 5.58 Å². The van der Waals surface area contributed by atoms with Gasteiger partial charge in [-0.3, -0.25) is 0 Å². The fourth-order valence-corrected chi connectivity index (χ4v) is 2.41. The van der Waals surface area contributed by atoms with Crippen LogP contribution in [0.4, 0.5) is 0 Å². The van der Waals surface area contributed by atoms with Crippen LogP contribution in [0.3, 0.4) is 0 Å². The molecule has 1 aromatic carbocycles. The minimum absolute atomic E-state index is 0.322. The fraction of sp³-hybridized carbons (Fsp3) is 0.500. The topological polar surface area (TPSA) is 38.5 Å². The Kier molecular flexibility index (Phi) is 2.96. The predicted octanol–water partition coefficient (Wildman–Crippen LogP) is 2.61. The molecule has 4 nitrogen and oxygen atoms in total. The van der Waals surface area contributed by atoms with Crippen molar-refractivity contribution < 1.29 is 9.26 Å². The van der Waals surface area contributed by atoms with Crippen molar-refractivity contribution in [2.75, 3.05) is 20.1 Å². The molecule has 0 aliphatic carbocycles. The van der Waals surface area contributed by atoms with Gasteiger partial charge in [0.25, 0.3) is 0 Å². The Balaban J connectivity index is 1.74. The zero-order valence-corrected chi connectivity index (χ0v) is 10.8. The molecule has 0 unspecified atom stereocenters. The summed E-state index contributed by atoms with van der Waals surface area (Å²) in [7, 11) is 2.15. The summed E-state index contributed by atoms with van der Waals surface area (Å²) >= 11 is 0. The largest absolute Gasteiger partial charge is 0.490 e. The minimum Gasteiger partial charge on any atom is -0.490 e. The molecule has 0 N–H and O–H groups in total. The lowest BCUT2D eigenvalue weighted by atomic mass is 10.1. The quantitative estimate of drug-likeness (QED) is 0.816. The summed E-state index contributed by atoms with van der Waals surface area (Å²) in [5.41, 5.74) is 1.73. The van der Waals surface area contributed by atoms with Crippen LogP contribution in [0.25, 0.3) is 11.0 Å². The first-order valence-corrected chi connectivity index (χ1v) is 6.43. The number of hydrogen-bond donors (Lipinski definition) is 0. The molecule has 0 bridgehead atoms. The van der Waals surface area contributed by atoms with Crippen molar-refractivity contribution in [3.05, 3.63) is 23.9 Å². The van der Waals surface area contributed by atoms with Gasteiger partial charge in [0.2, 0.25) is 0 Å². The molecule has 96 valence electrons. The third-order valence-electron chi connectivity index (χ3n) is 3.59. The molecule has 2 aromatic rings. The van der Waals surface area contributed by atoms with E-state index in [2.05, 4.69) is 17.1 Å². The number of piperidine rings is 1. The maximum atomic E-state index is 6.01. The second-order valence-corrected chi connectivity index (χ2v) is 5.05. The van der Waals surface area contributed by atoms with Crippen LogP contribution in [0.15, 0.2) is 22.7 Å². The van der Waals surface area contributed by atoms with Crippen molar-refractivity contribution in [3.63, 3.8) is 0 Å². The van der Waals surface area contributed by atoms with E-state index in [9.17, 15) is 0 Å². The highest BCUT2D eigenvalue weighted by molar-refractivity contribution is 5.80. The number of aryl methyl sites for hydroxylation is 1. The minimum atomic E-state index is 0.322. The number of ether oxygens (including phenoxy) is 1. The van der Waals surface area contributed by atoms with Gasteiger partial charge in [-0.15, -0.1) is 0 Å². The molecular formula is C14H18N2O2. The van der Waals surface area contributed by atoms with E-state index in [0.29, 0.717) is 6.10 Å². The highest BCUT2D eigenvalue weighted by Crippen LogP contribution is 2.25. The molecule has 1 aromatic heterocycles. The third-order valence-corrected chi connectivity index (χ3v) is 3.59. The molecular weight excluding hydrogens is 228 g/mol. The van der Waals surface area contributed by atoms with Gasteiger partial charge in [-0.1, -0.05) is 5.16 Å². The molecule has 0 atom stereocenters. The molecule has 1 saturated heterocycles. The SMILES string of the molecule is Cc1noc2cc(OC3CCN(C)CC3)ccc12. The highest BCUT2D eigenvalue weighted by Gasteiger charge is 2.18. The van der Waals surface area contributed by atoms with Gasteiger partial charge in [-0.05, 0) is 38.9 Å². The summed E-state index contributed by atoms with van der Waals surface area (Å²) in [6, 6.07) is 5.96. The van der Waals surface area contributed by atoms with E-state index in [4.69, 9.17) is 9.26 Å². The lowest BCUT2D eigenvalue weighted by Crippen LogP contribution is -2.35. The number of aromatic nitrogens is 1. The Morgan fingerprint density at radius 2 is 2.11 bits per heavy atom. The predicted molar refractivity (Wildman–Crippen MR) is 69.9 cm³/mol. The molecule has 18 heavy (non-hydrogen) atoms. The number of rotatable bonds is 2. The maximum absolute atomic E-state index is 6.01. The van der Waals surface area contributed by atoms with Gasteiger partial charge < -0.3 is 14.2 Å². The Morgan fingerprint density at radius 3 is 2.89 bits per heavy atom. The van der Waals surface area contributed by atoms with E-state index in [-0.39, 0.29) is 0 Å². The Morgan fingerprint density at radius 1 is 1.33 bits per heavy atom. The Bertz CT molecular complexity index is 542. The monoisotopic (exact) mass is 246 g/mol. The van der Waals surface area contributed by atoms with Gasteiger partial charge >= 0.3 is 0 Å². The molecule has 2 heterocycles. The number of nitrogens with zero attached hydrogens (tertiary/aromatic N) is 2. The molecule has 3 rings (SSSR count). The molecule has 1 aliphatic heterocycles. The standard InChI is InChI=1S/C14H18N2O2/c1-10-13-4-3-12(9-14(13)18-15-10)17-11-5-7-16(2)8-6-11/h3-4,9,11H,5-8H2,1-2H3. The molecule has 1 fully saturated rings. The van der Waals surface area contributed by atoms with E-state index in [1.807, 2.05) is 25.1 Å². The van der Waals surface area contributed by atoms with E-state index >= 15 is 0 Å². The summed E-state index contributed by atoms with van der Waals surface area (Å²) in [5.74, 6) is 0.883. The maximum Gasteiger partial charge on any atom is 0.170 e. The fourth-order valence-electron chi connectivity index (χ4n) is 2.41. The lowest BCUT2D eigenvalue weighted by molar-refractivity contribution is 0.114. The third kappa shape index (κ3) is 2.20. The van der Waals surface area contributed by atoms with Crippen LogP contribution in [0, 0.1) is 6.92 Å².